The molecule has 0 aliphatic rings. The first-order chi connectivity index (χ1) is 6.70. The van der Waals surface area contributed by atoms with Crippen LogP contribution in [0.25, 0.3) is 0 Å². The molecule has 0 atom stereocenters. The van der Waals surface area contributed by atoms with Crippen LogP contribution >= 0.6 is 0 Å². The lowest BCUT2D eigenvalue weighted by atomic mass is 10.2. The maximum absolute atomic E-state index is 10.6. The number of amides is 2. The highest BCUT2D eigenvalue weighted by Gasteiger charge is 2.00. The summed E-state index contributed by atoms with van der Waals surface area (Å²) in [6.45, 7) is 2.00. The fourth-order valence-electron chi connectivity index (χ4n) is 0.715. The van der Waals surface area contributed by atoms with Gasteiger partial charge in [-0.25, -0.2) is 11.7 Å². The molecule has 0 saturated heterocycles. The van der Waals surface area contributed by atoms with Crippen LogP contribution in [0.4, 0.5) is 0 Å². The third kappa shape index (κ3) is 10.5. The molecule has 0 aromatic rings. The summed E-state index contributed by atoms with van der Waals surface area (Å²) in [4.78, 5) is 29.1. The molecule has 2 amide bonds. The summed E-state index contributed by atoms with van der Waals surface area (Å²) in [6.07, 6.45) is 1.95. The molecule has 0 fully saturated rings. The zero-order chi connectivity index (χ0) is 11.4. The number of unbranched alkanes of at least 4 members (excludes halogenated alkanes) is 1. The van der Waals surface area contributed by atoms with Crippen molar-refractivity contribution in [3.05, 3.63) is 0 Å². The molecule has 0 bridgehead atoms. The molecule has 0 saturated carbocycles. The van der Waals surface area contributed by atoms with Crippen LogP contribution in [0, 0.1) is 0 Å². The van der Waals surface area contributed by atoms with Crippen LogP contribution < -0.4 is 22.5 Å². The maximum Gasteiger partial charge on any atom is 0.233 e. The predicted octanol–water partition coefficient (Wildman–Crippen LogP) is -1.66. The molecule has 0 unspecified atom stereocenters. The van der Waals surface area contributed by atoms with Crippen molar-refractivity contribution in [2.75, 3.05) is 0 Å². The summed E-state index contributed by atoms with van der Waals surface area (Å²) in [6, 6.07) is 0. The smallest absolute Gasteiger partial charge is 0.233 e. The molecule has 7 nitrogen and oxygen atoms in total. The van der Waals surface area contributed by atoms with Crippen molar-refractivity contribution in [1.82, 2.24) is 10.9 Å². The highest BCUT2D eigenvalue weighted by Crippen LogP contribution is 1.98. The van der Waals surface area contributed by atoms with Gasteiger partial charge in [0, 0.05) is 12.8 Å². The van der Waals surface area contributed by atoms with Gasteiger partial charge < -0.3 is 4.79 Å². The zero-order valence-electron chi connectivity index (χ0n) is 7.91. The van der Waals surface area contributed by atoms with E-state index in [1.807, 2.05) is 17.6 Å². The standard InChI is InChI=1S/C6H14N4O2.CH2O/c7-9-5(11)3-1-2-4-6(12)10-8;1-2/h1-4,7-8H2,(H,9,11)(H,10,12);1H2. The zero-order valence-corrected chi connectivity index (χ0v) is 7.91. The molecule has 0 spiro atoms. The summed E-state index contributed by atoms with van der Waals surface area (Å²) < 4.78 is 0. The van der Waals surface area contributed by atoms with Gasteiger partial charge in [-0.1, -0.05) is 0 Å². The van der Waals surface area contributed by atoms with E-state index < -0.39 is 0 Å². The van der Waals surface area contributed by atoms with E-state index in [-0.39, 0.29) is 11.8 Å². The second-order valence-corrected chi connectivity index (χ2v) is 2.34. The number of hydrogen-bond donors (Lipinski definition) is 4. The Morgan fingerprint density at radius 2 is 1.21 bits per heavy atom. The molecule has 0 aromatic carbocycles. The number of hydrogen-bond acceptors (Lipinski definition) is 5. The number of hydrazine groups is 2. The Labute approximate surface area is 82.1 Å². The van der Waals surface area contributed by atoms with Crippen LogP contribution in [0.3, 0.4) is 0 Å². The molecule has 6 N–H and O–H groups in total. The van der Waals surface area contributed by atoms with Gasteiger partial charge in [-0.15, -0.1) is 0 Å². The maximum atomic E-state index is 10.6. The van der Waals surface area contributed by atoms with Gasteiger partial charge in [-0.3, -0.25) is 20.4 Å². The first kappa shape index (κ1) is 15.0. The van der Waals surface area contributed by atoms with Gasteiger partial charge in [0.2, 0.25) is 11.8 Å². The predicted molar refractivity (Wildman–Crippen MR) is 50.2 cm³/mol. The topological polar surface area (TPSA) is 127 Å². The first-order valence-corrected chi connectivity index (χ1v) is 3.98. The molecule has 0 radical (unpaired) electrons. The highest BCUT2D eigenvalue weighted by atomic mass is 16.2. The van der Waals surface area contributed by atoms with Crippen LogP contribution in [-0.4, -0.2) is 18.6 Å². The SMILES string of the molecule is C=O.NNC(=O)CCCCC(=O)NN. The second kappa shape index (κ2) is 11.5. The van der Waals surface area contributed by atoms with Gasteiger partial charge in [0.05, 0.1) is 0 Å². The van der Waals surface area contributed by atoms with Gasteiger partial charge in [0.1, 0.15) is 6.79 Å². The fourth-order valence-corrected chi connectivity index (χ4v) is 0.715. The highest BCUT2D eigenvalue weighted by molar-refractivity contribution is 5.76. The third-order valence-corrected chi connectivity index (χ3v) is 1.38. The lowest BCUT2D eigenvalue weighted by molar-refractivity contribution is -0.123. The third-order valence-electron chi connectivity index (χ3n) is 1.38. The Kier molecular flexibility index (Phi) is 12.4. The summed E-state index contributed by atoms with van der Waals surface area (Å²) in [5, 5.41) is 0. The van der Waals surface area contributed by atoms with Crippen LogP contribution in [0.1, 0.15) is 25.7 Å². The van der Waals surface area contributed by atoms with E-state index >= 15 is 0 Å². The Balaban J connectivity index is 0. The average Bonchev–Trinajstić information content (AvgIpc) is 2.26. The number of carbonyl (C=O) groups excluding carboxylic acids is 3. The van der Waals surface area contributed by atoms with Crippen LogP contribution in [0.2, 0.25) is 0 Å². The van der Waals surface area contributed by atoms with Crippen molar-refractivity contribution in [1.29, 1.82) is 0 Å². The number of nitrogens with one attached hydrogen (secondary N) is 2. The monoisotopic (exact) mass is 204 g/mol. The minimum absolute atomic E-state index is 0.219. The van der Waals surface area contributed by atoms with Crippen molar-refractivity contribution in [2.24, 2.45) is 11.7 Å². The van der Waals surface area contributed by atoms with Crippen molar-refractivity contribution in [2.45, 2.75) is 25.7 Å². The minimum atomic E-state index is -0.219. The normalized spacial score (nSPS) is 8.14. The lowest BCUT2D eigenvalue weighted by Gasteiger charge is -1.99. The molecule has 14 heavy (non-hydrogen) atoms. The van der Waals surface area contributed by atoms with Gasteiger partial charge >= 0.3 is 0 Å². The summed E-state index contributed by atoms with van der Waals surface area (Å²) in [5.41, 5.74) is 4.01. The Hall–Kier alpha value is -1.47. The van der Waals surface area contributed by atoms with Crippen LogP contribution in [0.15, 0.2) is 0 Å². The summed E-state index contributed by atoms with van der Waals surface area (Å²) in [5.74, 6) is 9.24. The summed E-state index contributed by atoms with van der Waals surface area (Å²) in [7, 11) is 0. The van der Waals surface area contributed by atoms with Gasteiger partial charge in [0.15, 0.2) is 0 Å². The lowest BCUT2D eigenvalue weighted by Crippen LogP contribution is -2.30. The molecule has 7 heteroatoms. The van der Waals surface area contributed by atoms with Crippen molar-refractivity contribution >= 4 is 18.6 Å². The van der Waals surface area contributed by atoms with Gasteiger partial charge in [0.25, 0.3) is 0 Å². The van der Waals surface area contributed by atoms with Crippen LogP contribution in [0.5, 0.6) is 0 Å². The van der Waals surface area contributed by atoms with Crippen LogP contribution in [-0.2, 0) is 14.4 Å². The van der Waals surface area contributed by atoms with E-state index in [1.165, 1.54) is 0 Å². The fraction of sp³-hybridized carbons (Fsp3) is 0.571. The largest absolute Gasteiger partial charge is 0.307 e. The van der Waals surface area contributed by atoms with E-state index in [0.717, 1.165) is 0 Å². The molecular formula is C7H16N4O3. The van der Waals surface area contributed by atoms with E-state index in [1.54, 1.807) is 0 Å². The Bertz CT molecular complexity index is 156. The van der Waals surface area contributed by atoms with E-state index in [9.17, 15) is 9.59 Å². The summed E-state index contributed by atoms with van der Waals surface area (Å²) >= 11 is 0. The quantitative estimate of drug-likeness (QED) is 0.184. The molecule has 0 aliphatic carbocycles. The number of carbonyl (C=O) groups is 3. The van der Waals surface area contributed by atoms with E-state index in [4.69, 9.17) is 16.5 Å². The number of nitrogens with two attached hydrogens (primary N) is 2. The van der Waals surface area contributed by atoms with Gasteiger partial charge in [-0.2, -0.15) is 0 Å². The molecular weight excluding hydrogens is 188 g/mol. The Morgan fingerprint density at radius 3 is 1.43 bits per heavy atom. The first-order valence-electron chi connectivity index (χ1n) is 3.98. The molecule has 0 rings (SSSR count). The van der Waals surface area contributed by atoms with Crippen molar-refractivity contribution in [3.63, 3.8) is 0 Å². The average molecular weight is 204 g/mol. The molecule has 82 valence electrons. The molecule has 0 aromatic heterocycles. The molecule has 0 aliphatic heterocycles. The van der Waals surface area contributed by atoms with E-state index in [2.05, 4.69) is 0 Å². The Morgan fingerprint density at radius 1 is 0.929 bits per heavy atom. The van der Waals surface area contributed by atoms with E-state index in [0.29, 0.717) is 25.7 Å². The minimum Gasteiger partial charge on any atom is -0.307 e. The molecule has 0 heterocycles. The second-order valence-electron chi connectivity index (χ2n) is 2.34. The number of rotatable bonds is 5. The van der Waals surface area contributed by atoms with Crippen molar-refractivity contribution in [3.8, 4) is 0 Å². The van der Waals surface area contributed by atoms with Gasteiger partial charge in [-0.05, 0) is 12.8 Å². The van der Waals surface area contributed by atoms with Crippen molar-refractivity contribution < 1.29 is 14.4 Å².